The van der Waals surface area contributed by atoms with Gasteiger partial charge in [0.1, 0.15) is 0 Å². The van der Waals surface area contributed by atoms with E-state index in [-0.39, 0.29) is 11.9 Å². The van der Waals surface area contributed by atoms with Crippen molar-refractivity contribution >= 4 is 33.4 Å². The highest BCUT2D eigenvalue weighted by Gasteiger charge is 2.18. The SMILES string of the molecule is CNC(=O)C(CC(C)C)NCc1ccc(Cl)cc1Br. The van der Waals surface area contributed by atoms with Crippen molar-refractivity contribution in [3.05, 3.63) is 33.3 Å². The molecule has 1 aromatic rings. The van der Waals surface area contributed by atoms with Gasteiger partial charge in [-0.1, -0.05) is 47.4 Å². The fourth-order valence-corrected chi connectivity index (χ4v) is 2.65. The lowest BCUT2D eigenvalue weighted by atomic mass is 10.0. The molecule has 1 aromatic carbocycles. The van der Waals surface area contributed by atoms with E-state index in [1.807, 2.05) is 18.2 Å². The van der Waals surface area contributed by atoms with Crippen LogP contribution in [-0.4, -0.2) is 19.0 Å². The minimum absolute atomic E-state index is 0.0267. The molecule has 0 heterocycles. The van der Waals surface area contributed by atoms with Crippen LogP contribution >= 0.6 is 27.5 Å². The van der Waals surface area contributed by atoms with Crippen molar-refractivity contribution in [1.82, 2.24) is 10.6 Å². The molecule has 1 amide bonds. The highest BCUT2D eigenvalue weighted by molar-refractivity contribution is 9.10. The summed E-state index contributed by atoms with van der Waals surface area (Å²) in [6.07, 6.45) is 0.810. The van der Waals surface area contributed by atoms with Crippen LogP contribution in [0.25, 0.3) is 0 Å². The molecule has 1 atom stereocenters. The fraction of sp³-hybridized carbons (Fsp3) is 0.500. The van der Waals surface area contributed by atoms with Crippen LogP contribution in [0.4, 0.5) is 0 Å². The van der Waals surface area contributed by atoms with Crippen molar-refractivity contribution in [3.63, 3.8) is 0 Å². The third kappa shape index (κ3) is 5.51. The van der Waals surface area contributed by atoms with Crippen molar-refractivity contribution in [3.8, 4) is 0 Å². The maximum absolute atomic E-state index is 11.8. The number of carbonyl (C=O) groups is 1. The molecular formula is C14H20BrClN2O. The number of rotatable bonds is 6. The van der Waals surface area contributed by atoms with Gasteiger partial charge in [0.25, 0.3) is 0 Å². The zero-order valence-corrected chi connectivity index (χ0v) is 13.8. The van der Waals surface area contributed by atoms with E-state index in [1.165, 1.54) is 0 Å². The summed E-state index contributed by atoms with van der Waals surface area (Å²) < 4.78 is 0.952. The van der Waals surface area contributed by atoms with E-state index in [0.29, 0.717) is 17.5 Å². The molecular weight excluding hydrogens is 328 g/mol. The Hall–Kier alpha value is -0.580. The van der Waals surface area contributed by atoms with Gasteiger partial charge in [-0.25, -0.2) is 0 Å². The van der Waals surface area contributed by atoms with E-state index in [4.69, 9.17) is 11.6 Å². The first kappa shape index (κ1) is 16.5. The molecule has 1 rings (SSSR count). The second-order valence-corrected chi connectivity index (χ2v) is 6.20. The highest BCUT2D eigenvalue weighted by Crippen LogP contribution is 2.21. The molecule has 1 unspecified atom stereocenters. The molecule has 0 spiro atoms. The number of likely N-dealkylation sites (N-methyl/N-ethyl adjacent to an activating group) is 1. The Morgan fingerprint density at radius 3 is 2.63 bits per heavy atom. The number of nitrogens with one attached hydrogen (secondary N) is 2. The van der Waals surface area contributed by atoms with Crippen LogP contribution in [0, 0.1) is 5.92 Å². The third-order valence-corrected chi connectivity index (χ3v) is 3.80. The summed E-state index contributed by atoms with van der Waals surface area (Å²) in [6, 6.07) is 5.49. The van der Waals surface area contributed by atoms with Crippen molar-refractivity contribution in [2.45, 2.75) is 32.9 Å². The Labute approximate surface area is 128 Å². The lowest BCUT2D eigenvalue weighted by molar-refractivity contribution is -0.123. The van der Waals surface area contributed by atoms with Crippen molar-refractivity contribution in [2.24, 2.45) is 5.92 Å². The molecule has 0 aliphatic heterocycles. The lowest BCUT2D eigenvalue weighted by Crippen LogP contribution is -2.43. The zero-order valence-electron chi connectivity index (χ0n) is 11.5. The Morgan fingerprint density at radius 1 is 1.42 bits per heavy atom. The van der Waals surface area contributed by atoms with Gasteiger partial charge in [0, 0.05) is 23.1 Å². The monoisotopic (exact) mass is 346 g/mol. The van der Waals surface area contributed by atoms with Crippen molar-refractivity contribution < 1.29 is 4.79 Å². The number of hydrogen-bond donors (Lipinski definition) is 2. The zero-order chi connectivity index (χ0) is 14.4. The van der Waals surface area contributed by atoms with Crippen LogP contribution in [-0.2, 0) is 11.3 Å². The summed E-state index contributed by atoms with van der Waals surface area (Å²) in [5.41, 5.74) is 1.09. The van der Waals surface area contributed by atoms with E-state index in [0.717, 1.165) is 16.5 Å². The number of halogens is 2. The fourth-order valence-electron chi connectivity index (χ4n) is 1.83. The average molecular weight is 348 g/mol. The molecule has 0 radical (unpaired) electrons. The molecule has 0 fully saturated rings. The maximum Gasteiger partial charge on any atom is 0.236 e. The minimum Gasteiger partial charge on any atom is -0.358 e. The standard InChI is InChI=1S/C14H20BrClN2O/c1-9(2)6-13(14(19)17-3)18-8-10-4-5-11(16)7-12(10)15/h4-5,7,9,13,18H,6,8H2,1-3H3,(H,17,19). The summed E-state index contributed by atoms with van der Waals surface area (Å²) in [6.45, 7) is 4.84. The lowest BCUT2D eigenvalue weighted by Gasteiger charge is -2.19. The second kappa shape index (κ2) is 7.88. The number of carbonyl (C=O) groups excluding carboxylic acids is 1. The highest BCUT2D eigenvalue weighted by atomic mass is 79.9. The number of benzene rings is 1. The van der Waals surface area contributed by atoms with Crippen LogP contribution in [0.2, 0.25) is 5.02 Å². The second-order valence-electron chi connectivity index (χ2n) is 4.91. The summed E-state index contributed by atoms with van der Waals surface area (Å²) in [5.74, 6) is 0.488. The van der Waals surface area contributed by atoms with Crippen LogP contribution in [0.5, 0.6) is 0 Å². The van der Waals surface area contributed by atoms with Crippen LogP contribution in [0.15, 0.2) is 22.7 Å². The van der Waals surface area contributed by atoms with Gasteiger partial charge in [-0.3, -0.25) is 4.79 Å². The van der Waals surface area contributed by atoms with Gasteiger partial charge in [0.15, 0.2) is 0 Å². The van der Waals surface area contributed by atoms with Gasteiger partial charge in [0.2, 0.25) is 5.91 Å². The van der Waals surface area contributed by atoms with Gasteiger partial charge in [-0.2, -0.15) is 0 Å². The molecule has 0 aromatic heterocycles. The number of amides is 1. The van der Waals surface area contributed by atoms with Gasteiger partial charge in [0.05, 0.1) is 6.04 Å². The van der Waals surface area contributed by atoms with E-state index in [1.54, 1.807) is 7.05 Å². The maximum atomic E-state index is 11.8. The quantitative estimate of drug-likeness (QED) is 0.828. The van der Waals surface area contributed by atoms with E-state index in [9.17, 15) is 4.79 Å². The molecule has 3 nitrogen and oxygen atoms in total. The Bertz CT molecular complexity index is 437. The van der Waals surface area contributed by atoms with Crippen LogP contribution in [0.1, 0.15) is 25.8 Å². The molecule has 5 heteroatoms. The molecule has 0 aliphatic carbocycles. The van der Waals surface area contributed by atoms with Crippen LogP contribution < -0.4 is 10.6 Å². The average Bonchev–Trinajstić information content (AvgIpc) is 2.34. The summed E-state index contributed by atoms with van der Waals surface area (Å²) in [7, 11) is 1.66. The van der Waals surface area contributed by atoms with E-state index < -0.39 is 0 Å². The van der Waals surface area contributed by atoms with Gasteiger partial charge >= 0.3 is 0 Å². The molecule has 0 bridgehead atoms. The summed E-state index contributed by atoms with van der Waals surface area (Å²) >= 11 is 9.38. The molecule has 2 N–H and O–H groups in total. The predicted octanol–water partition coefficient (Wildman–Crippen LogP) is 3.35. The molecule has 19 heavy (non-hydrogen) atoms. The van der Waals surface area contributed by atoms with Crippen molar-refractivity contribution in [2.75, 3.05) is 7.05 Å². The normalized spacial score (nSPS) is 12.5. The predicted molar refractivity (Wildman–Crippen MR) is 83.3 cm³/mol. The molecule has 0 saturated carbocycles. The van der Waals surface area contributed by atoms with Crippen molar-refractivity contribution in [1.29, 1.82) is 0 Å². The van der Waals surface area contributed by atoms with E-state index in [2.05, 4.69) is 40.4 Å². The van der Waals surface area contributed by atoms with Gasteiger partial charge in [-0.15, -0.1) is 0 Å². The minimum atomic E-state index is -0.174. The first-order valence-corrected chi connectivity index (χ1v) is 7.50. The largest absolute Gasteiger partial charge is 0.358 e. The first-order valence-electron chi connectivity index (χ1n) is 6.33. The molecule has 106 valence electrons. The Morgan fingerprint density at radius 2 is 2.11 bits per heavy atom. The molecule has 0 saturated heterocycles. The topological polar surface area (TPSA) is 41.1 Å². The summed E-state index contributed by atoms with van der Waals surface area (Å²) in [5, 5.41) is 6.68. The molecule has 0 aliphatic rings. The smallest absolute Gasteiger partial charge is 0.236 e. The Kier molecular flexibility index (Phi) is 6.83. The summed E-state index contributed by atoms with van der Waals surface area (Å²) in [4.78, 5) is 11.8. The first-order chi connectivity index (χ1) is 8.93. The number of hydrogen-bond acceptors (Lipinski definition) is 2. The van der Waals surface area contributed by atoms with Gasteiger partial charge < -0.3 is 10.6 Å². The van der Waals surface area contributed by atoms with Gasteiger partial charge in [-0.05, 0) is 30.0 Å². The van der Waals surface area contributed by atoms with E-state index >= 15 is 0 Å². The van der Waals surface area contributed by atoms with Crippen LogP contribution in [0.3, 0.4) is 0 Å². The Balaban J connectivity index is 2.67. The third-order valence-electron chi connectivity index (χ3n) is 2.82.